The zero-order valence-electron chi connectivity index (χ0n) is 6.36. The van der Waals surface area contributed by atoms with Gasteiger partial charge >= 0.3 is 0 Å². The molecule has 2 N–H and O–H groups in total. The molecular formula is C6H11N3S2. The Kier molecular flexibility index (Phi) is 3.82. The lowest BCUT2D eigenvalue weighted by Gasteiger charge is -2.03. The van der Waals surface area contributed by atoms with E-state index in [-0.39, 0.29) is 0 Å². The number of nitrogens with two attached hydrogens (primary N) is 1. The molecule has 5 heteroatoms. The number of rotatable bonds is 4. The van der Waals surface area contributed by atoms with Crippen LogP contribution in [0.25, 0.3) is 0 Å². The molecule has 0 saturated heterocycles. The number of hydrogen-bond acceptors (Lipinski definition) is 5. The molecule has 3 nitrogen and oxygen atoms in total. The van der Waals surface area contributed by atoms with Gasteiger partial charge in [0.05, 0.1) is 0 Å². The van der Waals surface area contributed by atoms with Gasteiger partial charge < -0.3 is 5.73 Å². The van der Waals surface area contributed by atoms with Crippen molar-refractivity contribution >= 4 is 23.3 Å². The van der Waals surface area contributed by atoms with Gasteiger partial charge in [-0.25, -0.2) is 4.98 Å². The first kappa shape index (κ1) is 8.96. The standard InChI is InChI=1S/C6H11N3S2/c1-5(2-7)3-10-6-8-4-9-11-6/h4-5H,2-3,7H2,1H3. The largest absolute Gasteiger partial charge is 0.330 e. The Hall–Kier alpha value is -0.130. The van der Waals surface area contributed by atoms with E-state index in [0.717, 1.165) is 16.6 Å². The Balaban J connectivity index is 2.23. The van der Waals surface area contributed by atoms with E-state index in [9.17, 15) is 0 Å². The van der Waals surface area contributed by atoms with Crippen LogP contribution >= 0.6 is 23.3 Å². The highest BCUT2D eigenvalue weighted by Crippen LogP contribution is 2.20. The summed E-state index contributed by atoms with van der Waals surface area (Å²) < 4.78 is 4.94. The van der Waals surface area contributed by atoms with Gasteiger partial charge in [-0.05, 0) is 24.0 Å². The molecule has 1 rings (SSSR count). The summed E-state index contributed by atoms with van der Waals surface area (Å²) in [5.74, 6) is 1.59. The summed E-state index contributed by atoms with van der Waals surface area (Å²) >= 11 is 3.16. The average Bonchev–Trinajstić information content (AvgIpc) is 2.52. The van der Waals surface area contributed by atoms with E-state index in [1.54, 1.807) is 18.1 Å². The highest BCUT2D eigenvalue weighted by Gasteiger charge is 2.02. The van der Waals surface area contributed by atoms with Gasteiger partial charge in [0.25, 0.3) is 0 Å². The average molecular weight is 189 g/mol. The fourth-order valence-corrected chi connectivity index (χ4v) is 2.02. The Morgan fingerprint density at radius 3 is 3.18 bits per heavy atom. The molecule has 62 valence electrons. The Labute approximate surface area is 74.6 Å². The third-order valence-electron chi connectivity index (χ3n) is 1.23. The van der Waals surface area contributed by atoms with Crippen LogP contribution in [0.3, 0.4) is 0 Å². The van der Waals surface area contributed by atoms with Crippen molar-refractivity contribution in [2.75, 3.05) is 12.3 Å². The molecule has 0 radical (unpaired) electrons. The van der Waals surface area contributed by atoms with Gasteiger partial charge in [-0.3, -0.25) is 0 Å². The van der Waals surface area contributed by atoms with Crippen LogP contribution in [0.5, 0.6) is 0 Å². The topological polar surface area (TPSA) is 51.8 Å². The Morgan fingerprint density at radius 1 is 1.82 bits per heavy atom. The minimum absolute atomic E-state index is 0.559. The molecule has 1 atom stereocenters. The van der Waals surface area contributed by atoms with E-state index >= 15 is 0 Å². The monoisotopic (exact) mass is 189 g/mol. The molecule has 11 heavy (non-hydrogen) atoms. The van der Waals surface area contributed by atoms with Crippen molar-refractivity contribution in [3.63, 3.8) is 0 Å². The van der Waals surface area contributed by atoms with E-state index in [2.05, 4.69) is 16.3 Å². The number of nitrogens with zero attached hydrogens (tertiary/aromatic N) is 2. The molecule has 1 aromatic heterocycles. The van der Waals surface area contributed by atoms with Crippen molar-refractivity contribution < 1.29 is 0 Å². The predicted octanol–water partition coefficient (Wildman–Crippen LogP) is 1.23. The first-order chi connectivity index (χ1) is 5.33. The van der Waals surface area contributed by atoms with Crippen LogP contribution in [0.4, 0.5) is 0 Å². The van der Waals surface area contributed by atoms with Crippen molar-refractivity contribution in [1.29, 1.82) is 0 Å². The van der Waals surface area contributed by atoms with Gasteiger partial charge in [0.1, 0.15) is 6.33 Å². The van der Waals surface area contributed by atoms with Crippen LogP contribution in [0.15, 0.2) is 10.7 Å². The van der Waals surface area contributed by atoms with E-state index < -0.39 is 0 Å². The summed E-state index contributed by atoms with van der Waals surface area (Å²) in [6.07, 6.45) is 1.58. The first-order valence-corrected chi connectivity index (χ1v) is 5.18. The molecule has 1 heterocycles. The van der Waals surface area contributed by atoms with Crippen LogP contribution < -0.4 is 5.73 Å². The quantitative estimate of drug-likeness (QED) is 0.724. The fourth-order valence-electron chi connectivity index (χ4n) is 0.508. The highest BCUT2D eigenvalue weighted by molar-refractivity contribution is 8.00. The normalized spacial score (nSPS) is 13.3. The summed E-state index contributed by atoms with van der Waals surface area (Å²) in [6.45, 7) is 2.87. The summed E-state index contributed by atoms with van der Waals surface area (Å²) in [4.78, 5) is 4.05. The van der Waals surface area contributed by atoms with E-state index in [1.807, 2.05) is 0 Å². The van der Waals surface area contributed by atoms with Crippen LogP contribution in [-0.2, 0) is 0 Å². The molecule has 1 aromatic rings. The van der Waals surface area contributed by atoms with Crippen molar-refractivity contribution in [3.05, 3.63) is 6.33 Å². The smallest absolute Gasteiger partial charge is 0.169 e. The van der Waals surface area contributed by atoms with Gasteiger partial charge in [0, 0.05) is 5.75 Å². The van der Waals surface area contributed by atoms with Gasteiger partial charge in [-0.2, -0.15) is 4.37 Å². The van der Waals surface area contributed by atoms with Crippen molar-refractivity contribution in [2.24, 2.45) is 11.7 Å². The molecule has 0 saturated carbocycles. The maximum atomic E-state index is 5.47. The molecular weight excluding hydrogens is 178 g/mol. The maximum absolute atomic E-state index is 5.47. The van der Waals surface area contributed by atoms with Gasteiger partial charge in [-0.15, -0.1) is 0 Å². The van der Waals surface area contributed by atoms with Crippen LogP contribution in [0.1, 0.15) is 6.92 Å². The molecule has 0 fully saturated rings. The third-order valence-corrected chi connectivity index (χ3v) is 3.36. The number of hydrogen-bond donors (Lipinski definition) is 1. The molecule has 0 aromatic carbocycles. The van der Waals surface area contributed by atoms with Crippen LogP contribution in [-0.4, -0.2) is 21.7 Å². The second-order valence-electron chi connectivity index (χ2n) is 2.36. The lowest BCUT2D eigenvalue weighted by molar-refractivity contribution is 0.675. The number of thioether (sulfide) groups is 1. The summed E-state index contributed by atoms with van der Waals surface area (Å²) in [5.41, 5.74) is 5.47. The lowest BCUT2D eigenvalue weighted by Crippen LogP contribution is -2.12. The zero-order chi connectivity index (χ0) is 8.10. The summed E-state index contributed by atoms with van der Waals surface area (Å²) in [6, 6.07) is 0. The fraction of sp³-hybridized carbons (Fsp3) is 0.667. The Bertz CT molecular complexity index is 188. The van der Waals surface area contributed by atoms with Crippen molar-refractivity contribution in [1.82, 2.24) is 9.36 Å². The Morgan fingerprint density at radius 2 is 2.64 bits per heavy atom. The minimum Gasteiger partial charge on any atom is -0.330 e. The summed E-state index contributed by atoms with van der Waals surface area (Å²) in [7, 11) is 0. The van der Waals surface area contributed by atoms with Crippen LogP contribution in [0, 0.1) is 5.92 Å². The molecule has 0 aliphatic carbocycles. The third kappa shape index (κ3) is 3.18. The second-order valence-corrected chi connectivity index (χ2v) is 4.41. The lowest BCUT2D eigenvalue weighted by atomic mass is 10.2. The highest BCUT2D eigenvalue weighted by atomic mass is 32.2. The molecule has 0 aliphatic rings. The number of aromatic nitrogens is 2. The summed E-state index contributed by atoms with van der Waals surface area (Å²) in [5, 5.41) is 0. The maximum Gasteiger partial charge on any atom is 0.169 e. The zero-order valence-corrected chi connectivity index (χ0v) is 7.99. The van der Waals surface area contributed by atoms with Crippen molar-refractivity contribution in [2.45, 2.75) is 11.3 Å². The van der Waals surface area contributed by atoms with Gasteiger partial charge in [0.2, 0.25) is 0 Å². The molecule has 1 unspecified atom stereocenters. The minimum atomic E-state index is 0.559. The predicted molar refractivity (Wildman–Crippen MR) is 48.9 cm³/mol. The second kappa shape index (κ2) is 4.69. The molecule has 0 aliphatic heterocycles. The molecule has 0 spiro atoms. The van der Waals surface area contributed by atoms with E-state index in [4.69, 9.17) is 5.73 Å². The molecule has 0 amide bonds. The molecule has 0 bridgehead atoms. The van der Waals surface area contributed by atoms with Crippen LogP contribution in [0.2, 0.25) is 0 Å². The van der Waals surface area contributed by atoms with E-state index in [0.29, 0.717) is 5.92 Å². The van der Waals surface area contributed by atoms with Crippen molar-refractivity contribution in [3.8, 4) is 0 Å². The van der Waals surface area contributed by atoms with Gasteiger partial charge in [-0.1, -0.05) is 18.7 Å². The first-order valence-electron chi connectivity index (χ1n) is 3.42. The van der Waals surface area contributed by atoms with E-state index in [1.165, 1.54) is 11.5 Å². The SMILES string of the molecule is CC(CN)CSc1ncns1. The van der Waals surface area contributed by atoms with Gasteiger partial charge in [0.15, 0.2) is 4.34 Å².